The first-order valence-corrected chi connectivity index (χ1v) is 11.9. The number of hydrogen-bond donors (Lipinski definition) is 2. The van der Waals surface area contributed by atoms with Gasteiger partial charge in [0.25, 0.3) is 0 Å². The number of anilines is 1. The summed E-state index contributed by atoms with van der Waals surface area (Å²) in [6.07, 6.45) is 2.86. The lowest BCUT2D eigenvalue weighted by atomic mass is 9.85. The molecule has 184 valence electrons. The lowest BCUT2D eigenvalue weighted by Crippen LogP contribution is -2.38. The van der Waals surface area contributed by atoms with E-state index in [0.29, 0.717) is 18.3 Å². The van der Waals surface area contributed by atoms with Gasteiger partial charge >= 0.3 is 5.97 Å². The molecule has 0 spiro atoms. The number of hydrogen-bond acceptors (Lipinski definition) is 4. The van der Waals surface area contributed by atoms with Crippen LogP contribution in [0.25, 0.3) is 0 Å². The van der Waals surface area contributed by atoms with Gasteiger partial charge in [0.2, 0.25) is 0 Å². The number of likely N-dealkylation sites (tertiary alicyclic amines) is 1. The van der Waals surface area contributed by atoms with Gasteiger partial charge in [-0.2, -0.15) is 0 Å². The van der Waals surface area contributed by atoms with Gasteiger partial charge in [0, 0.05) is 12.2 Å². The molecule has 0 radical (unpaired) electrons. The maximum atomic E-state index is 13.5. The van der Waals surface area contributed by atoms with Gasteiger partial charge in [-0.1, -0.05) is 12.1 Å². The number of carbonyl (C=O) groups is 1. The topological polar surface area (TPSA) is 61.8 Å². The Morgan fingerprint density at radius 2 is 1.54 bits per heavy atom. The maximum Gasteiger partial charge on any atom is 0.335 e. The summed E-state index contributed by atoms with van der Waals surface area (Å²) in [6, 6.07) is 19.4. The van der Waals surface area contributed by atoms with Crippen LogP contribution >= 0.6 is 0 Å². The zero-order valence-electron chi connectivity index (χ0n) is 19.5. The first-order valence-electron chi connectivity index (χ1n) is 11.9. The number of piperidine rings is 1. The molecule has 5 nitrogen and oxygen atoms in total. The molecular weight excluding hydrogens is 450 g/mol. The van der Waals surface area contributed by atoms with Crippen molar-refractivity contribution in [3.05, 3.63) is 95.6 Å². The molecule has 1 fully saturated rings. The Morgan fingerprint density at radius 3 is 2.14 bits per heavy atom. The second-order valence-electron chi connectivity index (χ2n) is 8.89. The van der Waals surface area contributed by atoms with Gasteiger partial charge in [-0.3, -0.25) is 0 Å². The highest BCUT2D eigenvalue weighted by Crippen LogP contribution is 2.34. The van der Waals surface area contributed by atoms with Gasteiger partial charge in [0.05, 0.1) is 18.2 Å². The molecule has 1 aliphatic heterocycles. The van der Waals surface area contributed by atoms with Crippen molar-refractivity contribution in [3.8, 4) is 5.75 Å². The van der Waals surface area contributed by atoms with Crippen molar-refractivity contribution < 1.29 is 23.4 Å². The molecule has 1 atom stereocenters. The molecule has 1 aliphatic rings. The van der Waals surface area contributed by atoms with Crippen molar-refractivity contribution in [3.63, 3.8) is 0 Å². The fourth-order valence-corrected chi connectivity index (χ4v) is 4.55. The molecule has 0 aliphatic carbocycles. The molecule has 3 aromatic rings. The molecule has 0 saturated carbocycles. The van der Waals surface area contributed by atoms with E-state index in [4.69, 9.17) is 9.84 Å². The minimum atomic E-state index is -0.950. The summed E-state index contributed by atoms with van der Waals surface area (Å²) in [6.45, 7) is 3.41. The van der Waals surface area contributed by atoms with Crippen LogP contribution in [-0.2, 0) is 0 Å². The second-order valence-corrected chi connectivity index (χ2v) is 8.89. The summed E-state index contributed by atoms with van der Waals surface area (Å²) in [5.41, 5.74) is 2.11. The SMILES string of the molecule is O=C(O)c1ccc(OCCCN2CCC(C(Nc3ccc(F)cc3)c3ccc(F)cc3)CC2)cc1. The smallest absolute Gasteiger partial charge is 0.335 e. The molecule has 35 heavy (non-hydrogen) atoms. The fraction of sp³-hybridized carbons (Fsp3) is 0.321. The number of nitrogens with zero attached hydrogens (tertiary/aromatic N) is 1. The number of ether oxygens (including phenoxy) is 1. The van der Waals surface area contributed by atoms with Crippen LogP contribution in [0.5, 0.6) is 5.75 Å². The zero-order valence-corrected chi connectivity index (χ0v) is 19.5. The van der Waals surface area contributed by atoms with Gasteiger partial charge in [-0.25, -0.2) is 13.6 Å². The largest absolute Gasteiger partial charge is 0.494 e. The third-order valence-corrected chi connectivity index (χ3v) is 6.49. The zero-order chi connectivity index (χ0) is 24.6. The highest BCUT2D eigenvalue weighted by Gasteiger charge is 2.27. The Bertz CT molecular complexity index is 1080. The predicted molar refractivity (Wildman–Crippen MR) is 132 cm³/mol. The maximum absolute atomic E-state index is 13.5. The van der Waals surface area contributed by atoms with Crippen molar-refractivity contribution in [2.24, 2.45) is 5.92 Å². The lowest BCUT2D eigenvalue weighted by molar-refractivity contribution is 0.0697. The van der Waals surface area contributed by atoms with Crippen LogP contribution in [0.15, 0.2) is 72.8 Å². The molecule has 0 bridgehead atoms. The number of benzene rings is 3. The predicted octanol–water partition coefficient (Wildman–Crippen LogP) is 6.00. The van der Waals surface area contributed by atoms with Crippen LogP contribution in [0.1, 0.15) is 41.2 Å². The first-order chi connectivity index (χ1) is 17.0. The third-order valence-electron chi connectivity index (χ3n) is 6.49. The first kappa shape index (κ1) is 24.7. The molecular formula is C28H30F2N2O3. The van der Waals surface area contributed by atoms with Crippen LogP contribution in [0, 0.1) is 17.6 Å². The van der Waals surface area contributed by atoms with E-state index in [1.54, 1.807) is 36.4 Å². The highest BCUT2D eigenvalue weighted by atomic mass is 19.1. The average molecular weight is 481 g/mol. The van der Waals surface area contributed by atoms with E-state index in [1.165, 1.54) is 24.3 Å². The number of carboxylic acid groups (broad SMARTS) is 1. The number of nitrogens with one attached hydrogen (secondary N) is 1. The summed E-state index contributed by atoms with van der Waals surface area (Å²) in [7, 11) is 0. The van der Waals surface area contributed by atoms with Crippen molar-refractivity contribution >= 4 is 11.7 Å². The number of carboxylic acids is 1. The van der Waals surface area contributed by atoms with E-state index in [9.17, 15) is 13.6 Å². The molecule has 2 N–H and O–H groups in total. The summed E-state index contributed by atoms with van der Waals surface area (Å²) in [5.74, 6) is -0.449. The van der Waals surface area contributed by atoms with Gasteiger partial charge in [0.1, 0.15) is 17.4 Å². The van der Waals surface area contributed by atoms with Gasteiger partial charge in [-0.05, 0) is 104 Å². The Labute approximate surface area is 204 Å². The van der Waals surface area contributed by atoms with E-state index < -0.39 is 5.97 Å². The second kappa shape index (κ2) is 11.8. The fourth-order valence-electron chi connectivity index (χ4n) is 4.55. The quantitative estimate of drug-likeness (QED) is 0.349. The molecule has 1 saturated heterocycles. The minimum absolute atomic E-state index is 0.0142. The molecule has 0 amide bonds. The van der Waals surface area contributed by atoms with Gasteiger partial charge < -0.3 is 20.1 Å². The lowest BCUT2D eigenvalue weighted by Gasteiger charge is -2.37. The normalized spacial score (nSPS) is 15.5. The van der Waals surface area contributed by atoms with Crippen LogP contribution in [0.3, 0.4) is 0 Å². The molecule has 1 unspecified atom stereocenters. The third kappa shape index (κ3) is 7.02. The Hall–Kier alpha value is -3.45. The number of halogens is 2. The number of aromatic carboxylic acids is 1. The van der Waals surface area contributed by atoms with Gasteiger partial charge in [-0.15, -0.1) is 0 Å². The van der Waals surface area contributed by atoms with Crippen molar-refractivity contribution in [2.45, 2.75) is 25.3 Å². The van der Waals surface area contributed by atoms with Crippen molar-refractivity contribution in [1.82, 2.24) is 4.90 Å². The molecule has 1 heterocycles. The van der Waals surface area contributed by atoms with Crippen LogP contribution in [0.2, 0.25) is 0 Å². The summed E-state index contributed by atoms with van der Waals surface area (Å²) in [5, 5.41) is 12.5. The Kier molecular flexibility index (Phi) is 8.32. The molecule has 3 aromatic carbocycles. The molecule has 0 aromatic heterocycles. The van der Waals surface area contributed by atoms with E-state index in [2.05, 4.69) is 10.2 Å². The van der Waals surface area contributed by atoms with E-state index in [0.717, 1.165) is 50.1 Å². The van der Waals surface area contributed by atoms with Crippen LogP contribution in [0.4, 0.5) is 14.5 Å². The highest BCUT2D eigenvalue weighted by molar-refractivity contribution is 5.87. The van der Waals surface area contributed by atoms with Crippen LogP contribution in [-0.4, -0.2) is 42.2 Å². The summed E-state index contributed by atoms with van der Waals surface area (Å²) < 4.78 is 32.6. The van der Waals surface area contributed by atoms with E-state index >= 15 is 0 Å². The van der Waals surface area contributed by atoms with Gasteiger partial charge in [0.15, 0.2) is 0 Å². The van der Waals surface area contributed by atoms with E-state index in [1.807, 2.05) is 12.1 Å². The van der Waals surface area contributed by atoms with Crippen molar-refractivity contribution in [1.29, 1.82) is 0 Å². The van der Waals surface area contributed by atoms with Crippen molar-refractivity contribution in [2.75, 3.05) is 31.6 Å². The molecule has 4 rings (SSSR count). The Morgan fingerprint density at radius 1 is 0.943 bits per heavy atom. The summed E-state index contributed by atoms with van der Waals surface area (Å²) in [4.78, 5) is 13.4. The average Bonchev–Trinajstić information content (AvgIpc) is 2.88. The molecule has 7 heteroatoms. The number of rotatable bonds is 10. The van der Waals surface area contributed by atoms with Crippen LogP contribution < -0.4 is 10.1 Å². The minimum Gasteiger partial charge on any atom is -0.494 e. The van der Waals surface area contributed by atoms with E-state index in [-0.39, 0.29) is 23.2 Å². The standard InChI is InChI=1S/C28H30F2N2O3/c29-23-6-2-20(3-7-23)27(31-25-10-8-24(30)9-11-25)21-14-17-32(18-15-21)16-1-19-35-26-12-4-22(5-13-26)28(33)34/h2-13,21,27,31H,1,14-19H2,(H,33,34). The monoisotopic (exact) mass is 480 g/mol. The Balaban J connectivity index is 1.27. The summed E-state index contributed by atoms with van der Waals surface area (Å²) >= 11 is 0.